The molecule has 0 aromatic rings. The summed E-state index contributed by atoms with van der Waals surface area (Å²) in [6, 6.07) is -1.43. The number of carboxylic acid groups (broad SMARTS) is 4. The van der Waals surface area contributed by atoms with Crippen LogP contribution in [0.2, 0.25) is 0 Å². The van der Waals surface area contributed by atoms with Gasteiger partial charge < -0.3 is 53.6 Å². The summed E-state index contributed by atoms with van der Waals surface area (Å²) in [5, 5.41) is 49.2. The minimum atomic E-state index is -2.27. The molecular weight excluding hydrogens is 408 g/mol. The van der Waals surface area contributed by atoms with Crippen molar-refractivity contribution in [2.24, 2.45) is 22.9 Å². The first kappa shape index (κ1) is 32.3. The molecule has 0 rings (SSSR count). The van der Waals surface area contributed by atoms with Crippen LogP contribution >= 0.6 is 0 Å². The Balaban J connectivity index is -0.000000364. The second-order valence-electron chi connectivity index (χ2n) is 6.02. The fraction of sp³-hybridized carbons (Fsp3) is 0.750. The van der Waals surface area contributed by atoms with Crippen LogP contribution < -0.4 is 22.9 Å². The van der Waals surface area contributed by atoms with Crippen molar-refractivity contribution in [3.8, 4) is 0 Å². The van der Waals surface area contributed by atoms with E-state index >= 15 is 0 Å². The lowest BCUT2D eigenvalue weighted by Gasteiger charge is -2.07. The van der Waals surface area contributed by atoms with Gasteiger partial charge in [-0.3, -0.25) is 9.59 Å². The second-order valence-corrected chi connectivity index (χ2v) is 6.02. The van der Waals surface area contributed by atoms with Crippen LogP contribution in [-0.4, -0.2) is 91.9 Å². The molecule has 0 amide bonds. The Kier molecular flexibility index (Phi) is 21.5. The quantitative estimate of drug-likeness (QED) is 0.127. The Labute approximate surface area is 173 Å². The molecule has 4 atom stereocenters. The van der Waals surface area contributed by atoms with E-state index in [9.17, 15) is 19.2 Å². The molecule has 14 heteroatoms. The summed E-state index contributed by atoms with van der Waals surface area (Å²) in [7, 11) is 0. The molecule has 0 heterocycles. The molecule has 0 aliphatic carbocycles. The molecule has 0 aromatic heterocycles. The van der Waals surface area contributed by atoms with Crippen molar-refractivity contribution < 1.29 is 49.8 Å². The van der Waals surface area contributed by atoms with Gasteiger partial charge >= 0.3 is 23.9 Å². The van der Waals surface area contributed by atoms with Gasteiger partial charge in [-0.15, -0.1) is 0 Å². The number of aliphatic hydroxyl groups excluding tert-OH is 2. The third-order valence-electron chi connectivity index (χ3n) is 3.38. The van der Waals surface area contributed by atoms with E-state index in [0.29, 0.717) is 25.9 Å². The molecule has 2 unspecified atom stereocenters. The van der Waals surface area contributed by atoms with Crippen molar-refractivity contribution in [3.63, 3.8) is 0 Å². The molecule has 0 aliphatic heterocycles. The number of hydrogen-bond donors (Lipinski definition) is 10. The maximum Gasteiger partial charge on any atom is 0.335 e. The molecular formula is C16H34N4O10. The zero-order chi connectivity index (χ0) is 24.3. The van der Waals surface area contributed by atoms with Gasteiger partial charge in [0.15, 0.2) is 12.2 Å². The van der Waals surface area contributed by atoms with Crippen molar-refractivity contribution in [1.82, 2.24) is 0 Å². The van der Waals surface area contributed by atoms with Gasteiger partial charge in [0.25, 0.3) is 0 Å². The average molecular weight is 442 g/mol. The molecule has 14 N–H and O–H groups in total. The fourth-order valence-corrected chi connectivity index (χ4v) is 1.53. The van der Waals surface area contributed by atoms with Crippen LogP contribution in [0, 0.1) is 0 Å². The third-order valence-corrected chi connectivity index (χ3v) is 3.38. The largest absolute Gasteiger partial charge is 0.480 e. The fourth-order valence-electron chi connectivity index (χ4n) is 1.53. The Morgan fingerprint density at radius 3 is 1.00 bits per heavy atom. The molecule has 0 aliphatic rings. The molecule has 0 saturated heterocycles. The van der Waals surface area contributed by atoms with E-state index in [2.05, 4.69) is 0 Å². The molecule has 0 fully saturated rings. The number of carbonyl (C=O) groups is 4. The highest BCUT2D eigenvalue weighted by Gasteiger charge is 2.29. The minimum absolute atomic E-state index is 0.520. The first-order valence-electron chi connectivity index (χ1n) is 9.02. The van der Waals surface area contributed by atoms with Crippen LogP contribution in [0.4, 0.5) is 0 Å². The lowest BCUT2D eigenvalue weighted by Crippen LogP contribution is -2.39. The van der Waals surface area contributed by atoms with Gasteiger partial charge in [0.1, 0.15) is 12.1 Å². The van der Waals surface area contributed by atoms with Crippen LogP contribution in [0.5, 0.6) is 0 Å². The summed E-state index contributed by atoms with van der Waals surface area (Å²) < 4.78 is 0. The van der Waals surface area contributed by atoms with Gasteiger partial charge in [0.05, 0.1) is 0 Å². The highest BCUT2D eigenvalue weighted by molar-refractivity contribution is 5.83. The Bertz CT molecular complexity index is 462. The lowest BCUT2D eigenvalue weighted by atomic mass is 10.1. The van der Waals surface area contributed by atoms with Crippen molar-refractivity contribution in [3.05, 3.63) is 0 Å². The Morgan fingerprint density at radius 2 is 0.833 bits per heavy atom. The summed E-state index contributed by atoms with van der Waals surface area (Å²) in [5.74, 6) is -5.40. The van der Waals surface area contributed by atoms with E-state index in [0.717, 1.165) is 25.7 Å². The topological polar surface area (TPSA) is 294 Å². The number of aliphatic carboxylic acids is 4. The standard InChI is InChI=1S/2C6H14N2O2.C4H6O6/c2*7-4-2-1-3-5(8)6(9)10;5-1(3(7)8)2(6)4(9)10/h2*5H,1-4,7-8H2,(H,9,10);1-2,5-6H,(H,7,8)(H,9,10)/t2*5-;/m00./s1. The molecule has 0 radical (unpaired) electrons. The molecule has 30 heavy (non-hydrogen) atoms. The van der Waals surface area contributed by atoms with Gasteiger partial charge in [-0.1, -0.05) is 12.8 Å². The average Bonchev–Trinajstić information content (AvgIpc) is 2.67. The van der Waals surface area contributed by atoms with Crippen molar-refractivity contribution in [2.75, 3.05) is 13.1 Å². The maximum absolute atomic E-state index is 10.1. The summed E-state index contributed by atoms with van der Waals surface area (Å²) in [4.78, 5) is 39.8. The van der Waals surface area contributed by atoms with Gasteiger partial charge in [0, 0.05) is 0 Å². The smallest absolute Gasteiger partial charge is 0.335 e. The third kappa shape index (κ3) is 20.4. The minimum Gasteiger partial charge on any atom is -0.480 e. The predicted octanol–water partition coefficient (Wildman–Crippen LogP) is -3.07. The van der Waals surface area contributed by atoms with E-state index in [4.69, 9.17) is 53.6 Å². The highest BCUT2D eigenvalue weighted by atomic mass is 16.4. The van der Waals surface area contributed by atoms with E-state index in [1.807, 2.05) is 0 Å². The van der Waals surface area contributed by atoms with Gasteiger partial charge in [-0.25, -0.2) is 9.59 Å². The van der Waals surface area contributed by atoms with Crippen LogP contribution in [0.3, 0.4) is 0 Å². The van der Waals surface area contributed by atoms with Crippen LogP contribution in [0.25, 0.3) is 0 Å². The van der Waals surface area contributed by atoms with Gasteiger partial charge in [0.2, 0.25) is 0 Å². The first-order valence-corrected chi connectivity index (χ1v) is 9.02. The summed E-state index contributed by atoms with van der Waals surface area (Å²) in [6.45, 7) is 1.21. The number of unbranched alkanes of at least 4 members (excludes halogenated alkanes) is 2. The SMILES string of the molecule is NCCCC[C@H](N)C(=O)O.NCCCC[C@H](N)C(=O)O.O=C(O)C(O)C(O)C(=O)O. The molecule has 0 saturated carbocycles. The second kappa shape index (κ2) is 19.9. The summed E-state index contributed by atoms with van der Waals surface area (Å²) >= 11 is 0. The van der Waals surface area contributed by atoms with Crippen LogP contribution in [-0.2, 0) is 19.2 Å². The van der Waals surface area contributed by atoms with E-state index in [-0.39, 0.29) is 0 Å². The van der Waals surface area contributed by atoms with Crippen LogP contribution in [0.15, 0.2) is 0 Å². The molecule has 14 nitrogen and oxygen atoms in total. The molecule has 0 spiro atoms. The highest BCUT2D eigenvalue weighted by Crippen LogP contribution is 1.97. The molecule has 0 bridgehead atoms. The van der Waals surface area contributed by atoms with E-state index in [1.54, 1.807) is 0 Å². The lowest BCUT2D eigenvalue weighted by molar-refractivity contribution is -0.165. The van der Waals surface area contributed by atoms with Gasteiger partial charge in [-0.05, 0) is 38.8 Å². The Hall–Kier alpha value is -2.36. The molecule has 178 valence electrons. The molecule has 0 aromatic carbocycles. The van der Waals surface area contributed by atoms with Crippen LogP contribution in [0.1, 0.15) is 38.5 Å². The van der Waals surface area contributed by atoms with Gasteiger partial charge in [-0.2, -0.15) is 0 Å². The number of nitrogens with two attached hydrogens (primary N) is 4. The monoisotopic (exact) mass is 442 g/mol. The van der Waals surface area contributed by atoms with Crippen molar-refractivity contribution >= 4 is 23.9 Å². The zero-order valence-electron chi connectivity index (χ0n) is 16.6. The maximum atomic E-state index is 10.1. The Morgan fingerprint density at radius 1 is 0.567 bits per heavy atom. The normalized spacial score (nSPS) is 13.9. The first-order chi connectivity index (χ1) is 13.8. The number of hydrogen-bond acceptors (Lipinski definition) is 10. The van der Waals surface area contributed by atoms with E-state index < -0.39 is 48.2 Å². The van der Waals surface area contributed by atoms with E-state index in [1.165, 1.54) is 0 Å². The number of carboxylic acids is 4. The number of rotatable bonds is 13. The number of aliphatic hydroxyl groups is 2. The van der Waals surface area contributed by atoms with Crippen molar-refractivity contribution in [1.29, 1.82) is 0 Å². The summed E-state index contributed by atoms with van der Waals surface area (Å²) in [5.41, 5.74) is 20.8. The predicted molar refractivity (Wildman–Crippen MR) is 104 cm³/mol. The van der Waals surface area contributed by atoms with Crippen molar-refractivity contribution in [2.45, 2.75) is 62.8 Å². The summed E-state index contributed by atoms with van der Waals surface area (Å²) in [6.07, 6.45) is -0.204. The zero-order valence-corrected chi connectivity index (χ0v) is 16.6.